The second-order valence-corrected chi connectivity index (χ2v) is 5.11. The van der Waals surface area contributed by atoms with E-state index in [2.05, 4.69) is 0 Å². The zero-order valence-electron chi connectivity index (χ0n) is 14.3. The minimum Gasteiger partial charge on any atom is -0.493 e. The maximum Gasteiger partial charge on any atom is 0.189 e. The van der Waals surface area contributed by atoms with Crippen molar-refractivity contribution < 1.29 is 28.1 Å². The fraction of sp³-hybridized carbons (Fsp3) is 0.316. The Morgan fingerprint density at radius 1 is 1.04 bits per heavy atom. The summed E-state index contributed by atoms with van der Waals surface area (Å²) in [6.45, 7) is 3.09. The zero-order chi connectivity index (χ0) is 18.1. The van der Waals surface area contributed by atoms with Gasteiger partial charge in [0, 0.05) is 12.7 Å². The molecule has 0 saturated heterocycles. The maximum atomic E-state index is 13.3. The van der Waals surface area contributed by atoms with Crippen LogP contribution in [0.2, 0.25) is 0 Å². The zero-order valence-corrected chi connectivity index (χ0v) is 14.3. The van der Waals surface area contributed by atoms with Gasteiger partial charge in [0.2, 0.25) is 0 Å². The Balaban J connectivity index is 2.37. The highest BCUT2D eigenvalue weighted by Crippen LogP contribution is 2.39. The van der Waals surface area contributed by atoms with Gasteiger partial charge in [-0.25, -0.2) is 4.39 Å². The normalized spacial score (nSPS) is 10.5. The molecule has 0 spiro atoms. The molecule has 2 rings (SSSR count). The number of benzene rings is 2. The molecule has 25 heavy (non-hydrogen) atoms. The van der Waals surface area contributed by atoms with Crippen molar-refractivity contribution in [2.75, 3.05) is 33.7 Å². The van der Waals surface area contributed by atoms with Crippen molar-refractivity contribution >= 4 is 6.29 Å². The molecule has 0 fully saturated rings. The van der Waals surface area contributed by atoms with Gasteiger partial charge in [-0.1, -0.05) is 12.1 Å². The molecule has 0 atom stereocenters. The van der Waals surface area contributed by atoms with Gasteiger partial charge >= 0.3 is 0 Å². The van der Waals surface area contributed by atoms with Crippen LogP contribution >= 0.6 is 0 Å². The van der Waals surface area contributed by atoms with Crippen LogP contribution in [0.4, 0.5) is 4.39 Å². The van der Waals surface area contributed by atoms with Crippen LogP contribution in [-0.2, 0) is 9.47 Å². The van der Waals surface area contributed by atoms with Crippen LogP contribution in [-0.4, -0.2) is 40.0 Å². The Morgan fingerprint density at radius 2 is 1.72 bits per heavy atom. The Hall–Kier alpha value is -2.44. The molecule has 0 aliphatic rings. The molecule has 0 aliphatic heterocycles. The number of aldehydes is 1. The summed E-state index contributed by atoms with van der Waals surface area (Å²) in [5.74, 6) is 0.583. The predicted octanol–water partition coefficient (Wildman–Crippen LogP) is 3.70. The van der Waals surface area contributed by atoms with Crippen LogP contribution < -0.4 is 9.47 Å². The Bertz CT molecular complexity index is 685. The SMILES string of the molecule is CCOc1cc(C=O)cc(OCOCCOC)c1-c1ccc(F)cc1. The van der Waals surface area contributed by atoms with Crippen LogP contribution in [0.25, 0.3) is 11.1 Å². The van der Waals surface area contributed by atoms with Crippen LogP contribution in [0.15, 0.2) is 36.4 Å². The molecule has 0 N–H and O–H groups in total. The lowest BCUT2D eigenvalue weighted by Crippen LogP contribution is -2.09. The maximum absolute atomic E-state index is 13.3. The van der Waals surface area contributed by atoms with Crippen LogP contribution in [0.5, 0.6) is 11.5 Å². The van der Waals surface area contributed by atoms with Gasteiger partial charge in [0.1, 0.15) is 23.6 Å². The van der Waals surface area contributed by atoms with Crippen molar-refractivity contribution in [3.05, 3.63) is 47.8 Å². The number of rotatable bonds is 10. The summed E-state index contributed by atoms with van der Waals surface area (Å²) in [7, 11) is 1.58. The van der Waals surface area contributed by atoms with Crippen LogP contribution in [0.3, 0.4) is 0 Å². The minimum atomic E-state index is -0.336. The third kappa shape index (κ3) is 5.27. The molecule has 0 aliphatic carbocycles. The lowest BCUT2D eigenvalue weighted by molar-refractivity contribution is -0.00830. The number of halogens is 1. The van der Waals surface area contributed by atoms with Gasteiger partial charge in [0.25, 0.3) is 0 Å². The first-order valence-electron chi connectivity index (χ1n) is 7.91. The van der Waals surface area contributed by atoms with Crippen molar-refractivity contribution in [1.29, 1.82) is 0 Å². The summed E-state index contributed by atoms with van der Waals surface area (Å²) in [6.07, 6.45) is 0.718. The lowest BCUT2D eigenvalue weighted by atomic mass is 10.0. The van der Waals surface area contributed by atoms with Crippen molar-refractivity contribution in [2.45, 2.75) is 6.92 Å². The van der Waals surface area contributed by atoms with E-state index in [0.717, 1.165) is 6.29 Å². The van der Waals surface area contributed by atoms with Gasteiger partial charge < -0.3 is 18.9 Å². The number of carbonyl (C=O) groups excluding carboxylic acids is 1. The molecule has 6 heteroatoms. The van der Waals surface area contributed by atoms with E-state index in [1.54, 1.807) is 31.4 Å². The highest BCUT2D eigenvalue weighted by Gasteiger charge is 2.16. The van der Waals surface area contributed by atoms with Crippen molar-refractivity contribution in [1.82, 2.24) is 0 Å². The topological polar surface area (TPSA) is 54.0 Å². The van der Waals surface area contributed by atoms with Gasteiger partial charge in [0.15, 0.2) is 6.79 Å². The Morgan fingerprint density at radius 3 is 2.32 bits per heavy atom. The van der Waals surface area contributed by atoms with E-state index in [9.17, 15) is 9.18 Å². The summed E-state index contributed by atoms with van der Waals surface area (Å²) >= 11 is 0. The molecule has 0 amide bonds. The van der Waals surface area contributed by atoms with Crippen molar-refractivity contribution in [3.8, 4) is 22.6 Å². The lowest BCUT2D eigenvalue weighted by Gasteiger charge is -2.17. The minimum absolute atomic E-state index is 0.00850. The van der Waals surface area contributed by atoms with E-state index in [0.29, 0.717) is 48.0 Å². The second kappa shape index (κ2) is 9.76. The number of hydrogen-bond donors (Lipinski definition) is 0. The molecule has 0 saturated carbocycles. The molecule has 134 valence electrons. The van der Waals surface area contributed by atoms with Crippen molar-refractivity contribution in [3.63, 3.8) is 0 Å². The number of methoxy groups -OCH3 is 1. The quantitative estimate of drug-likeness (QED) is 0.372. The van der Waals surface area contributed by atoms with Gasteiger partial charge in [-0.3, -0.25) is 4.79 Å². The van der Waals surface area contributed by atoms with Gasteiger partial charge in [-0.05, 0) is 36.8 Å². The number of hydrogen-bond acceptors (Lipinski definition) is 5. The molecule has 2 aromatic carbocycles. The summed E-state index contributed by atoms with van der Waals surface area (Å²) in [6, 6.07) is 9.22. The Kier molecular flexibility index (Phi) is 7.37. The summed E-state index contributed by atoms with van der Waals surface area (Å²) < 4.78 is 34.8. The largest absolute Gasteiger partial charge is 0.493 e. The summed E-state index contributed by atoms with van der Waals surface area (Å²) in [4.78, 5) is 11.2. The molecular formula is C19H21FO5. The van der Waals surface area contributed by atoms with Gasteiger partial charge in [-0.2, -0.15) is 0 Å². The first-order chi connectivity index (χ1) is 12.2. The van der Waals surface area contributed by atoms with Crippen molar-refractivity contribution in [2.24, 2.45) is 0 Å². The molecule has 0 heterocycles. The second-order valence-electron chi connectivity index (χ2n) is 5.11. The smallest absolute Gasteiger partial charge is 0.189 e. The van der Waals surface area contributed by atoms with E-state index in [1.165, 1.54) is 12.1 Å². The number of carbonyl (C=O) groups is 1. The first-order valence-corrected chi connectivity index (χ1v) is 7.91. The van der Waals surface area contributed by atoms with Gasteiger partial charge in [-0.15, -0.1) is 0 Å². The first kappa shape index (κ1) is 18.9. The Labute approximate surface area is 146 Å². The highest BCUT2D eigenvalue weighted by atomic mass is 19.1. The monoisotopic (exact) mass is 348 g/mol. The third-order valence-electron chi connectivity index (χ3n) is 3.39. The van der Waals surface area contributed by atoms with Crippen LogP contribution in [0.1, 0.15) is 17.3 Å². The fourth-order valence-corrected chi connectivity index (χ4v) is 2.27. The number of ether oxygens (including phenoxy) is 4. The van der Waals surface area contributed by atoms with E-state index < -0.39 is 0 Å². The molecule has 2 aromatic rings. The molecule has 0 aromatic heterocycles. The molecule has 0 radical (unpaired) electrons. The third-order valence-corrected chi connectivity index (χ3v) is 3.39. The molecule has 5 nitrogen and oxygen atoms in total. The molecule has 0 bridgehead atoms. The highest BCUT2D eigenvalue weighted by molar-refractivity contribution is 5.84. The van der Waals surface area contributed by atoms with E-state index in [-0.39, 0.29) is 12.6 Å². The van der Waals surface area contributed by atoms with E-state index in [1.807, 2.05) is 6.92 Å². The van der Waals surface area contributed by atoms with E-state index >= 15 is 0 Å². The molecular weight excluding hydrogens is 327 g/mol. The standard InChI is InChI=1S/C19H21FO5/c1-3-24-17-10-14(12-21)11-18(25-13-23-9-8-22-2)19(17)15-4-6-16(20)7-5-15/h4-7,10-12H,3,8-9,13H2,1-2H3. The predicted molar refractivity (Wildman–Crippen MR) is 91.7 cm³/mol. The van der Waals surface area contributed by atoms with Crippen LogP contribution in [0, 0.1) is 5.82 Å². The fourth-order valence-electron chi connectivity index (χ4n) is 2.27. The average molecular weight is 348 g/mol. The summed E-state index contributed by atoms with van der Waals surface area (Å²) in [5.41, 5.74) is 1.78. The summed E-state index contributed by atoms with van der Waals surface area (Å²) in [5, 5.41) is 0. The molecule has 0 unspecified atom stereocenters. The average Bonchev–Trinajstić information content (AvgIpc) is 2.62. The van der Waals surface area contributed by atoms with Gasteiger partial charge in [0.05, 0.1) is 25.4 Å². The van der Waals surface area contributed by atoms with E-state index in [4.69, 9.17) is 18.9 Å².